The van der Waals surface area contributed by atoms with Gasteiger partial charge >= 0.3 is 5.97 Å². The SMILES string of the molecule is O=C(CC1CCCC1)N[C@H](CCc1ccccc1)C(=O)O. The molecule has 1 amide bonds. The number of nitrogens with one attached hydrogen (secondary N) is 1. The van der Waals surface area contributed by atoms with Gasteiger partial charge in [0.15, 0.2) is 0 Å². The maximum atomic E-state index is 12.0. The molecule has 0 saturated heterocycles. The van der Waals surface area contributed by atoms with Crippen LogP contribution in [0.3, 0.4) is 0 Å². The van der Waals surface area contributed by atoms with E-state index < -0.39 is 12.0 Å². The van der Waals surface area contributed by atoms with Gasteiger partial charge < -0.3 is 10.4 Å². The Hall–Kier alpha value is -1.84. The molecule has 0 spiro atoms. The smallest absolute Gasteiger partial charge is 0.326 e. The Labute approximate surface area is 125 Å². The van der Waals surface area contributed by atoms with Crippen LogP contribution in [-0.4, -0.2) is 23.0 Å². The van der Waals surface area contributed by atoms with Crippen LogP contribution < -0.4 is 5.32 Å². The van der Waals surface area contributed by atoms with E-state index in [0.29, 0.717) is 25.2 Å². The highest BCUT2D eigenvalue weighted by Crippen LogP contribution is 2.27. The topological polar surface area (TPSA) is 66.4 Å². The lowest BCUT2D eigenvalue weighted by molar-refractivity contribution is -0.142. The number of benzene rings is 1. The molecule has 1 saturated carbocycles. The molecule has 0 radical (unpaired) electrons. The Morgan fingerprint density at radius 2 is 1.86 bits per heavy atom. The summed E-state index contributed by atoms with van der Waals surface area (Å²) in [6.07, 6.45) is 6.11. The molecule has 114 valence electrons. The lowest BCUT2D eigenvalue weighted by Crippen LogP contribution is -2.41. The quantitative estimate of drug-likeness (QED) is 0.811. The third-order valence-corrected chi connectivity index (χ3v) is 4.15. The van der Waals surface area contributed by atoms with Gasteiger partial charge in [0.05, 0.1) is 0 Å². The van der Waals surface area contributed by atoms with E-state index in [1.807, 2.05) is 30.3 Å². The van der Waals surface area contributed by atoms with Crippen molar-refractivity contribution in [1.82, 2.24) is 5.32 Å². The van der Waals surface area contributed by atoms with Crippen molar-refractivity contribution in [1.29, 1.82) is 0 Å². The highest BCUT2D eigenvalue weighted by molar-refractivity contribution is 5.83. The first-order valence-electron chi connectivity index (χ1n) is 7.71. The molecule has 1 aliphatic carbocycles. The highest BCUT2D eigenvalue weighted by atomic mass is 16.4. The predicted molar refractivity (Wildman–Crippen MR) is 80.9 cm³/mol. The molecular formula is C17H23NO3. The van der Waals surface area contributed by atoms with Crippen LogP contribution in [0.4, 0.5) is 0 Å². The zero-order valence-electron chi connectivity index (χ0n) is 12.3. The van der Waals surface area contributed by atoms with Crippen molar-refractivity contribution in [2.24, 2.45) is 5.92 Å². The van der Waals surface area contributed by atoms with Crippen LogP contribution in [0, 0.1) is 5.92 Å². The Bertz CT molecular complexity index is 466. The van der Waals surface area contributed by atoms with E-state index >= 15 is 0 Å². The standard InChI is InChI=1S/C17H23NO3/c19-16(12-14-8-4-5-9-14)18-15(17(20)21)11-10-13-6-2-1-3-7-13/h1-3,6-7,14-15H,4-5,8-12H2,(H,18,19)(H,20,21)/t15-/m1/s1. The number of rotatable bonds is 7. The molecular weight excluding hydrogens is 266 g/mol. The molecule has 2 rings (SSSR count). The van der Waals surface area contributed by atoms with E-state index in [1.165, 1.54) is 12.8 Å². The van der Waals surface area contributed by atoms with Crippen molar-refractivity contribution >= 4 is 11.9 Å². The molecule has 1 atom stereocenters. The second-order valence-electron chi connectivity index (χ2n) is 5.84. The normalized spacial score (nSPS) is 16.6. The molecule has 2 N–H and O–H groups in total. The summed E-state index contributed by atoms with van der Waals surface area (Å²) in [6.45, 7) is 0. The van der Waals surface area contributed by atoms with Gasteiger partial charge in [-0.3, -0.25) is 4.79 Å². The van der Waals surface area contributed by atoms with Crippen LogP contribution in [0.1, 0.15) is 44.1 Å². The largest absolute Gasteiger partial charge is 0.480 e. The number of carboxylic acid groups (broad SMARTS) is 1. The van der Waals surface area contributed by atoms with Crippen LogP contribution in [0.5, 0.6) is 0 Å². The molecule has 0 unspecified atom stereocenters. The van der Waals surface area contributed by atoms with E-state index in [4.69, 9.17) is 0 Å². The molecule has 1 aromatic rings. The van der Waals surface area contributed by atoms with Crippen LogP contribution >= 0.6 is 0 Å². The minimum Gasteiger partial charge on any atom is -0.480 e. The Morgan fingerprint density at radius 3 is 2.48 bits per heavy atom. The van der Waals surface area contributed by atoms with Gasteiger partial charge in [-0.2, -0.15) is 0 Å². The lowest BCUT2D eigenvalue weighted by Gasteiger charge is -2.16. The van der Waals surface area contributed by atoms with Gasteiger partial charge in [-0.15, -0.1) is 0 Å². The third-order valence-electron chi connectivity index (χ3n) is 4.15. The predicted octanol–water partition coefficient (Wildman–Crippen LogP) is 2.77. The number of carboxylic acids is 1. The molecule has 0 aliphatic heterocycles. The molecule has 4 nitrogen and oxygen atoms in total. The number of hydrogen-bond acceptors (Lipinski definition) is 2. The fourth-order valence-corrected chi connectivity index (χ4v) is 2.94. The van der Waals surface area contributed by atoms with E-state index in [0.717, 1.165) is 18.4 Å². The van der Waals surface area contributed by atoms with Crippen molar-refractivity contribution < 1.29 is 14.7 Å². The van der Waals surface area contributed by atoms with E-state index in [9.17, 15) is 14.7 Å². The number of aryl methyl sites for hydroxylation is 1. The van der Waals surface area contributed by atoms with Gasteiger partial charge in [-0.1, -0.05) is 43.2 Å². The second kappa shape index (κ2) is 7.81. The number of aliphatic carboxylic acids is 1. The summed E-state index contributed by atoms with van der Waals surface area (Å²) >= 11 is 0. The molecule has 1 aromatic carbocycles. The highest BCUT2D eigenvalue weighted by Gasteiger charge is 2.23. The summed E-state index contributed by atoms with van der Waals surface area (Å²) in [5, 5.41) is 11.9. The first-order valence-corrected chi connectivity index (χ1v) is 7.71. The molecule has 1 fully saturated rings. The average molecular weight is 289 g/mol. The van der Waals surface area contributed by atoms with Gasteiger partial charge in [0, 0.05) is 6.42 Å². The van der Waals surface area contributed by atoms with Crippen molar-refractivity contribution in [2.45, 2.75) is 51.0 Å². The second-order valence-corrected chi connectivity index (χ2v) is 5.84. The summed E-state index contributed by atoms with van der Waals surface area (Å²) < 4.78 is 0. The van der Waals surface area contributed by atoms with Gasteiger partial charge in [0.25, 0.3) is 0 Å². The minimum absolute atomic E-state index is 0.123. The van der Waals surface area contributed by atoms with Crippen LogP contribution in [0.15, 0.2) is 30.3 Å². The fraction of sp³-hybridized carbons (Fsp3) is 0.529. The van der Waals surface area contributed by atoms with Crippen molar-refractivity contribution in [3.05, 3.63) is 35.9 Å². The van der Waals surface area contributed by atoms with Gasteiger partial charge in [-0.05, 0) is 37.2 Å². The molecule has 0 heterocycles. The molecule has 0 bridgehead atoms. The van der Waals surface area contributed by atoms with Crippen molar-refractivity contribution in [3.8, 4) is 0 Å². The number of carbonyl (C=O) groups excluding carboxylic acids is 1. The van der Waals surface area contributed by atoms with E-state index in [-0.39, 0.29) is 5.91 Å². The maximum Gasteiger partial charge on any atom is 0.326 e. The minimum atomic E-state index is -0.953. The monoisotopic (exact) mass is 289 g/mol. The zero-order chi connectivity index (χ0) is 15.1. The summed E-state index contributed by atoms with van der Waals surface area (Å²) in [4.78, 5) is 23.2. The van der Waals surface area contributed by atoms with Crippen molar-refractivity contribution in [3.63, 3.8) is 0 Å². The molecule has 4 heteroatoms. The molecule has 0 aromatic heterocycles. The molecule has 21 heavy (non-hydrogen) atoms. The van der Waals surface area contributed by atoms with Crippen molar-refractivity contribution in [2.75, 3.05) is 0 Å². The van der Waals surface area contributed by atoms with Gasteiger partial charge in [0.1, 0.15) is 6.04 Å². The van der Waals surface area contributed by atoms with Gasteiger partial charge in [-0.25, -0.2) is 4.79 Å². The lowest BCUT2D eigenvalue weighted by atomic mass is 10.0. The number of hydrogen-bond donors (Lipinski definition) is 2. The van der Waals surface area contributed by atoms with Crippen LogP contribution in [-0.2, 0) is 16.0 Å². The Kier molecular flexibility index (Phi) is 5.78. The Morgan fingerprint density at radius 1 is 1.19 bits per heavy atom. The van der Waals surface area contributed by atoms with E-state index in [2.05, 4.69) is 5.32 Å². The zero-order valence-corrected chi connectivity index (χ0v) is 12.3. The van der Waals surface area contributed by atoms with Gasteiger partial charge in [0.2, 0.25) is 5.91 Å². The first kappa shape index (κ1) is 15.5. The fourth-order valence-electron chi connectivity index (χ4n) is 2.94. The third kappa shape index (κ3) is 5.21. The summed E-state index contributed by atoms with van der Waals surface area (Å²) in [6, 6.07) is 8.95. The number of amides is 1. The molecule has 1 aliphatic rings. The average Bonchev–Trinajstić information content (AvgIpc) is 2.97. The maximum absolute atomic E-state index is 12.0. The first-order chi connectivity index (χ1) is 10.1. The summed E-state index contributed by atoms with van der Waals surface area (Å²) in [7, 11) is 0. The van der Waals surface area contributed by atoms with Crippen LogP contribution in [0.25, 0.3) is 0 Å². The van der Waals surface area contributed by atoms with Crippen LogP contribution in [0.2, 0.25) is 0 Å². The summed E-state index contributed by atoms with van der Waals surface area (Å²) in [5.41, 5.74) is 1.09. The van der Waals surface area contributed by atoms with E-state index in [1.54, 1.807) is 0 Å². The number of carbonyl (C=O) groups is 2. The summed E-state index contributed by atoms with van der Waals surface area (Å²) in [5.74, 6) is -0.637. The Balaban J connectivity index is 1.81.